The fourth-order valence-electron chi connectivity index (χ4n) is 2.79. The van der Waals surface area contributed by atoms with Crippen LogP contribution in [-0.2, 0) is 17.4 Å². The van der Waals surface area contributed by atoms with E-state index >= 15 is 0 Å². The SMILES string of the molecule is COc1ccc(CCc2cc(OC)c(OC)c(OC)c2)cc1OP(=O)([O-])O.NC(CO)(CO)CO. The highest BCUT2D eigenvalue weighted by Crippen LogP contribution is 2.40. The average molecular weight is 518 g/mol. The van der Waals surface area contributed by atoms with Crippen molar-refractivity contribution in [1.82, 2.24) is 0 Å². The Morgan fingerprint density at radius 3 is 1.63 bits per heavy atom. The second-order valence-electron chi connectivity index (χ2n) is 7.42. The number of hydrogen-bond acceptors (Lipinski definition) is 11. The molecule has 0 aromatic heterocycles. The van der Waals surface area contributed by atoms with Crippen LogP contribution in [0.1, 0.15) is 11.1 Å². The Morgan fingerprint density at radius 2 is 1.26 bits per heavy atom. The molecule has 6 N–H and O–H groups in total. The molecule has 1 unspecified atom stereocenters. The number of phosphoric acid groups is 1. The molecule has 0 saturated heterocycles. The number of methoxy groups -OCH3 is 4. The maximum Gasteiger partial charge on any atom is 0.317 e. The second kappa shape index (κ2) is 14.1. The topological polar surface area (TPSA) is 193 Å². The third kappa shape index (κ3) is 9.54. The van der Waals surface area contributed by atoms with E-state index in [1.54, 1.807) is 26.4 Å². The molecule has 0 amide bonds. The average Bonchev–Trinajstić information content (AvgIpc) is 2.85. The number of benzene rings is 2. The van der Waals surface area contributed by atoms with Crippen molar-refractivity contribution < 1.29 is 53.1 Å². The van der Waals surface area contributed by atoms with Gasteiger partial charge in [0.2, 0.25) is 5.75 Å². The van der Waals surface area contributed by atoms with E-state index in [0.717, 1.165) is 11.1 Å². The molecule has 35 heavy (non-hydrogen) atoms. The molecule has 0 bridgehead atoms. The first-order valence-electron chi connectivity index (χ1n) is 10.3. The molecule has 0 radical (unpaired) electrons. The van der Waals surface area contributed by atoms with E-state index in [0.29, 0.717) is 30.1 Å². The van der Waals surface area contributed by atoms with Crippen molar-refractivity contribution >= 4 is 7.82 Å². The summed E-state index contributed by atoms with van der Waals surface area (Å²) in [5.74, 6) is 1.76. The number of ether oxygens (including phenoxy) is 4. The number of aryl methyl sites for hydroxylation is 2. The normalized spacial score (nSPS) is 12.6. The molecule has 0 saturated carbocycles. The Balaban J connectivity index is 0.000000658. The van der Waals surface area contributed by atoms with E-state index in [1.807, 2.05) is 12.1 Å². The molecule has 2 aromatic rings. The van der Waals surface area contributed by atoms with Gasteiger partial charge in [-0.25, -0.2) is 0 Å². The number of nitrogens with two attached hydrogens (primary N) is 1. The first kappa shape index (κ1) is 30.5. The Bertz CT molecular complexity index is 943. The summed E-state index contributed by atoms with van der Waals surface area (Å²) in [6, 6.07) is 8.58. The van der Waals surface area contributed by atoms with Crippen LogP contribution in [0, 0.1) is 0 Å². The molecule has 2 rings (SSSR count). The van der Waals surface area contributed by atoms with Gasteiger partial charge in [-0.15, -0.1) is 0 Å². The molecule has 0 heterocycles. The van der Waals surface area contributed by atoms with Crippen molar-refractivity contribution in [3.05, 3.63) is 41.5 Å². The lowest BCUT2D eigenvalue weighted by Gasteiger charge is -2.20. The van der Waals surface area contributed by atoms with Crippen LogP contribution in [0.4, 0.5) is 0 Å². The summed E-state index contributed by atoms with van der Waals surface area (Å²) in [5.41, 5.74) is 5.68. The second-order valence-corrected chi connectivity index (χ2v) is 8.54. The third-order valence-electron chi connectivity index (χ3n) is 4.81. The molecule has 12 nitrogen and oxygen atoms in total. The minimum atomic E-state index is -4.93. The van der Waals surface area contributed by atoms with E-state index < -0.39 is 33.2 Å². The van der Waals surface area contributed by atoms with Gasteiger partial charge in [0.1, 0.15) is 0 Å². The van der Waals surface area contributed by atoms with Crippen LogP contribution in [0.3, 0.4) is 0 Å². The van der Waals surface area contributed by atoms with E-state index in [1.165, 1.54) is 20.3 Å². The van der Waals surface area contributed by atoms with Crippen LogP contribution in [-0.4, -0.2) is 74.0 Å². The van der Waals surface area contributed by atoms with Gasteiger partial charge in [-0.2, -0.15) is 0 Å². The van der Waals surface area contributed by atoms with E-state index in [9.17, 15) is 9.46 Å². The van der Waals surface area contributed by atoms with Crippen LogP contribution in [0.2, 0.25) is 0 Å². The van der Waals surface area contributed by atoms with Gasteiger partial charge in [0.15, 0.2) is 23.0 Å². The van der Waals surface area contributed by atoms with Gasteiger partial charge in [0, 0.05) is 0 Å². The highest BCUT2D eigenvalue weighted by molar-refractivity contribution is 7.45. The molecule has 0 aliphatic heterocycles. The zero-order chi connectivity index (χ0) is 26.6. The Hall–Kier alpha value is -2.57. The number of rotatable bonds is 12. The monoisotopic (exact) mass is 518 g/mol. The van der Waals surface area contributed by atoms with E-state index in [2.05, 4.69) is 4.52 Å². The maximum absolute atomic E-state index is 11.0. The van der Waals surface area contributed by atoms with Crippen molar-refractivity contribution in [1.29, 1.82) is 0 Å². The largest absolute Gasteiger partial charge is 0.746 e. The summed E-state index contributed by atoms with van der Waals surface area (Å²) >= 11 is 0. The van der Waals surface area contributed by atoms with Gasteiger partial charge in [0.05, 0.1) is 53.8 Å². The quantitative estimate of drug-likeness (QED) is 0.237. The van der Waals surface area contributed by atoms with Gasteiger partial charge in [-0.1, -0.05) is 6.07 Å². The number of phosphoric ester groups is 1. The van der Waals surface area contributed by atoms with E-state index in [-0.39, 0.29) is 11.5 Å². The van der Waals surface area contributed by atoms with Crippen LogP contribution < -0.4 is 34.1 Å². The molecule has 0 aliphatic carbocycles. The maximum atomic E-state index is 11.0. The standard InChI is InChI=1S/C18H23O8P.C4H11NO3/c1-22-14-8-7-12(9-15(14)26-27(19,20)21)5-6-13-10-16(23-2)18(25-4)17(11-13)24-3;5-4(1-6,2-7)3-8/h7-11H,5-6H2,1-4H3,(H2,19,20,21);6-8H,1-3,5H2/p-1. The fraction of sp³-hybridized carbons (Fsp3) is 0.455. The predicted molar refractivity (Wildman–Crippen MR) is 125 cm³/mol. The Labute approximate surface area is 204 Å². The highest BCUT2D eigenvalue weighted by Gasteiger charge is 2.20. The zero-order valence-corrected chi connectivity index (χ0v) is 21.0. The first-order valence-corrected chi connectivity index (χ1v) is 11.8. The molecule has 0 aliphatic rings. The van der Waals surface area contributed by atoms with Crippen LogP contribution in [0.25, 0.3) is 0 Å². The smallest absolute Gasteiger partial charge is 0.317 e. The lowest BCUT2D eigenvalue weighted by molar-refractivity contribution is -0.211. The van der Waals surface area contributed by atoms with Crippen molar-refractivity contribution in [2.24, 2.45) is 5.73 Å². The highest BCUT2D eigenvalue weighted by atomic mass is 31.2. The minimum absolute atomic E-state index is 0.0688. The molecule has 1 atom stereocenters. The van der Waals surface area contributed by atoms with Gasteiger partial charge in [0.25, 0.3) is 0 Å². The molecular weight excluding hydrogens is 485 g/mol. The summed E-state index contributed by atoms with van der Waals surface area (Å²) < 4.78 is 36.7. The Kier molecular flexibility index (Phi) is 12.3. The molecule has 2 aromatic carbocycles. The minimum Gasteiger partial charge on any atom is -0.746 e. The number of hydrogen-bond donors (Lipinski definition) is 5. The molecule has 198 valence electrons. The summed E-state index contributed by atoms with van der Waals surface area (Å²) in [6.45, 7) is -1.21. The molecule has 0 spiro atoms. The van der Waals surface area contributed by atoms with Crippen molar-refractivity contribution in [2.45, 2.75) is 18.4 Å². The lowest BCUT2D eigenvalue weighted by Crippen LogP contribution is -2.50. The molecular formula is C22H33NO11P-. The fourth-order valence-corrected chi connectivity index (χ4v) is 3.18. The summed E-state index contributed by atoms with van der Waals surface area (Å²) in [7, 11) is 1.08. The third-order valence-corrected chi connectivity index (χ3v) is 5.24. The summed E-state index contributed by atoms with van der Waals surface area (Å²) in [4.78, 5) is 20.0. The van der Waals surface area contributed by atoms with Crippen LogP contribution in [0.15, 0.2) is 30.3 Å². The van der Waals surface area contributed by atoms with Crippen molar-refractivity contribution in [3.63, 3.8) is 0 Å². The van der Waals surface area contributed by atoms with Crippen molar-refractivity contribution in [3.8, 4) is 28.7 Å². The van der Waals surface area contributed by atoms with Gasteiger partial charge in [-0.05, 0) is 48.2 Å². The predicted octanol–water partition coefficient (Wildman–Crippen LogP) is 0.00650. The van der Waals surface area contributed by atoms with Gasteiger partial charge < -0.3 is 54.3 Å². The van der Waals surface area contributed by atoms with Crippen LogP contribution in [0.5, 0.6) is 28.7 Å². The first-order chi connectivity index (χ1) is 16.5. The number of aliphatic hydroxyl groups is 3. The molecule has 0 fully saturated rings. The van der Waals surface area contributed by atoms with E-state index in [4.69, 9.17) is 44.9 Å². The summed E-state index contributed by atoms with van der Waals surface area (Å²) in [6.07, 6.45) is 1.20. The summed E-state index contributed by atoms with van der Waals surface area (Å²) in [5, 5.41) is 25.0. The lowest BCUT2D eigenvalue weighted by atomic mass is 10.0. The molecule has 13 heteroatoms. The zero-order valence-electron chi connectivity index (χ0n) is 20.1. The number of aliphatic hydroxyl groups excluding tert-OH is 3. The van der Waals surface area contributed by atoms with Crippen LogP contribution >= 0.6 is 7.82 Å². The Morgan fingerprint density at radius 1 is 0.800 bits per heavy atom. The van der Waals surface area contributed by atoms with Gasteiger partial charge in [-0.3, -0.25) is 4.57 Å². The van der Waals surface area contributed by atoms with Crippen molar-refractivity contribution in [2.75, 3.05) is 48.3 Å². The van der Waals surface area contributed by atoms with Gasteiger partial charge >= 0.3 is 7.82 Å².